The molecular weight excluding hydrogens is 1450 g/mol. The third-order valence-electron chi connectivity index (χ3n) is 18.0. The van der Waals surface area contributed by atoms with Crippen molar-refractivity contribution >= 4 is 39.5 Å². The molecule has 0 aliphatic rings. The van der Waals surface area contributed by atoms with Crippen molar-refractivity contribution in [2.75, 3.05) is 39.6 Å². The van der Waals surface area contributed by atoms with Crippen molar-refractivity contribution in [1.29, 1.82) is 0 Å². The highest BCUT2D eigenvalue weighted by molar-refractivity contribution is 7.47. The van der Waals surface area contributed by atoms with Gasteiger partial charge in [0.15, 0.2) is 12.2 Å². The fourth-order valence-electron chi connectivity index (χ4n) is 11.4. The van der Waals surface area contributed by atoms with Crippen LogP contribution in [0.15, 0.2) is 158 Å². The molecule has 640 valence electrons. The molecule has 0 rings (SSSR count). The smallest absolute Gasteiger partial charge is 0.462 e. The molecule has 0 amide bonds. The standard InChI is InChI=1S/C93H156O17P2/c1-5-9-13-17-21-25-29-33-37-41-43-47-49-53-57-61-65-69-73-77-90(95)103-83-88(109-92(97)79-75-71-67-63-59-55-51-45-39-35-31-27-23-19-15-11-7-3)85-107-111(99,100)105-81-87(94)82-106-112(101,102)108-86-89(110-93(98)80-76-72-68-64-60-56-52-46-40-36-32-28-24-20-16-12-8-4)84-104-91(96)78-74-70-66-62-58-54-50-48-44-42-38-34-30-26-22-18-14-10-6-2/h11-12,15-16,21-28,33-40,43-44,47-48,51,55,87-89,94H,5-10,13-14,17-20,29-32,41-42,45-46,49-50,52-54,56-86H2,1-4H3,(H,99,100)(H,101,102)/b15-11-,16-12-,25-21-,26-22-,27-23-,28-24-,37-33-,38-34-,39-35-,40-36-,47-43-,48-44-,55-51-. The summed E-state index contributed by atoms with van der Waals surface area (Å²) in [6.07, 6.45) is 99.0. The van der Waals surface area contributed by atoms with E-state index in [-0.39, 0.29) is 25.7 Å². The number of aliphatic hydroxyl groups excluding tert-OH is 1. The highest BCUT2D eigenvalue weighted by atomic mass is 31.2. The minimum atomic E-state index is -5.00. The Kier molecular flexibility index (Phi) is 79.6. The van der Waals surface area contributed by atoms with Crippen LogP contribution >= 0.6 is 15.6 Å². The van der Waals surface area contributed by atoms with Gasteiger partial charge in [0.2, 0.25) is 0 Å². The molecule has 0 spiro atoms. The lowest BCUT2D eigenvalue weighted by molar-refractivity contribution is -0.161. The molecule has 0 bridgehead atoms. The number of phosphoric ester groups is 2. The van der Waals surface area contributed by atoms with Crippen LogP contribution in [0.1, 0.15) is 349 Å². The van der Waals surface area contributed by atoms with Crippen molar-refractivity contribution in [3.05, 3.63) is 158 Å². The summed E-state index contributed by atoms with van der Waals surface area (Å²) in [6, 6.07) is 0. The summed E-state index contributed by atoms with van der Waals surface area (Å²) in [5.41, 5.74) is 0. The van der Waals surface area contributed by atoms with E-state index in [9.17, 15) is 43.2 Å². The number of hydrogen-bond donors (Lipinski definition) is 3. The number of allylic oxidation sites excluding steroid dienone is 26. The Morgan fingerprint density at radius 3 is 0.714 bits per heavy atom. The molecular formula is C93H156O17P2. The maximum Gasteiger partial charge on any atom is 0.472 e. The van der Waals surface area contributed by atoms with Crippen molar-refractivity contribution in [2.45, 2.75) is 367 Å². The molecule has 0 radical (unpaired) electrons. The van der Waals surface area contributed by atoms with E-state index in [0.29, 0.717) is 25.7 Å². The van der Waals surface area contributed by atoms with Gasteiger partial charge >= 0.3 is 39.5 Å². The molecule has 0 saturated carbocycles. The molecule has 5 atom stereocenters. The first-order valence-electron chi connectivity index (χ1n) is 43.7. The highest BCUT2D eigenvalue weighted by Crippen LogP contribution is 2.45. The Morgan fingerprint density at radius 1 is 0.259 bits per heavy atom. The third-order valence-corrected chi connectivity index (χ3v) is 19.9. The monoisotopic (exact) mass is 1610 g/mol. The first-order valence-corrected chi connectivity index (χ1v) is 46.7. The molecule has 3 N–H and O–H groups in total. The third kappa shape index (κ3) is 82.7. The second-order valence-corrected chi connectivity index (χ2v) is 31.6. The van der Waals surface area contributed by atoms with Gasteiger partial charge in [-0.05, 0) is 173 Å². The van der Waals surface area contributed by atoms with E-state index >= 15 is 0 Å². The van der Waals surface area contributed by atoms with Gasteiger partial charge in [-0.2, -0.15) is 0 Å². The molecule has 0 aliphatic carbocycles. The van der Waals surface area contributed by atoms with E-state index in [1.54, 1.807) is 0 Å². The number of rotatable bonds is 81. The number of aliphatic hydroxyl groups is 1. The fourth-order valence-corrected chi connectivity index (χ4v) is 12.9. The van der Waals surface area contributed by atoms with E-state index in [4.69, 9.17) is 37.0 Å². The molecule has 112 heavy (non-hydrogen) atoms. The van der Waals surface area contributed by atoms with Gasteiger partial charge < -0.3 is 33.8 Å². The number of carbonyl (C=O) groups is 4. The summed E-state index contributed by atoms with van der Waals surface area (Å²) in [7, 11) is -10.00. The summed E-state index contributed by atoms with van der Waals surface area (Å²) < 4.78 is 68.9. The van der Waals surface area contributed by atoms with Gasteiger partial charge in [-0.25, -0.2) is 9.13 Å². The van der Waals surface area contributed by atoms with E-state index in [0.717, 1.165) is 231 Å². The molecule has 5 unspecified atom stereocenters. The van der Waals surface area contributed by atoms with Gasteiger partial charge in [0.1, 0.15) is 19.3 Å². The van der Waals surface area contributed by atoms with Crippen molar-refractivity contribution in [3.63, 3.8) is 0 Å². The predicted octanol–water partition coefficient (Wildman–Crippen LogP) is 26.3. The molecule has 0 fully saturated rings. The van der Waals surface area contributed by atoms with Gasteiger partial charge in [0.05, 0.1) is 26.4 Å². The van der Waals surface area contributed by atoms with Crippen LogP contribution < -0.4 is 0 Å². The summed E-state index contributed by atoms with van der Waals surface area (Å²) in [5, 5.41) is 10.7. The summed E-state index contributed by atoms with van der Waals surface area (Å²) in [6.45, 7) is 4.57. The van der Waals surface area contributed by atoms with Gasteiger partial charge in [-0.3, -0.25) is 37.3 Å². The molecule has 0 aliphatic heterocycles. The maximum atomic E-state index is 13.2. The number of unbranched alkanes of at least 4 members (excludes halogenated alkanes) is 29. The molecule has 17 nitrogen and oxygen atoms in total. The fraction of sp³-hybridized carbons (Fsp3) is 0.677. The van der Waals surface area contributed by atoms with Gasteiger partial charge in [0.25, 0.3) is 0 Å². The van der Waals surface area contributed by atoms with Gasteiger partial charge in [0, 0.05) is 25.7 Å². The molecule has 0 aromatic rings. The zero-order valence-corrected chi connectivity index (χ0v) is 72.1. The molecule has 0 saturated heterocycles. The molecule has 0 heterocycles. The van der Waals surface area contributed by atoms with Gasteiger partial charge in [-0.15, -0.1) is 0 Å². The number of ether oxygens (including phenoxy) is 4. The van der Waals surface area contributed by atoms with E-state index < -0.39 is 97.5 Å². The zero-order valence-electron chi connectivity index (χ0n) is 70.3. The van der Waals surface area contributed by atoms with E-state index in [2.05, 4.69) is 186 Å². The van der Waals surface area contributed by atoms with Crippen molar-refractivity contribution in [3.8, 4) is 0 Å². The first kappa shape index (κ1) is 107. The van der Waals surface area contributed by atoms with Crippen molar-refractivity contribution in [2.24, 2.45) is 0 Å². The lowest BCUT2D eigenvalue weighted by Gasteiger charge is -2.21. The maximum absolute atomic E-state index is 13.2. The largest absolute Gasteiger partial charge is 0.472 e. The second kappa shape index (κ2) is 83.6. The predicted molar refractivity (Wildman–Crippen MR) is 464 cm³/mol. The van der Waals surface area contributed by atoms with Crippen LogP contribution in [0, 0.1) is 0 Å². The normalized spacial score (nSPS) is 14.5. The van der Waals surface area contributed by atoms with Crippen molar-refractivity contribution < 1.29 is 80.2 Å². The lowest BCUT2D eigenvalue weighted by atomic mass is 10.1. The topological polar surface area (TPSA) is 237 Å². The Labute approximate surface area is 680 Å². The summed E-state index contributed by atoms with van der Waals surface area (Å²) in [5.74, 6) is -2.24. The van der Waals surface area contributed by atoms with Crippen LogP contribution in [0.5, 0.6) is 0 Å². The minimum absolute atomic E-state index is 0.0592. The average Bonchev–Trinajstić information content (AvgIpc) is 0.897. The Bertz CT molecular complexity index is 2740. The number of esters is 4. The average molecular weight is 1610 g/mol. The summed E-state index contributed by atoms with van der Waals surface area (Å²) in [4.78, 5) is 73.4. The number of hydrogen-bond acceptors (Lipinski definition) is 15. The van der Waals surface area contributed by atoms with Crippen LogP contribution in [-0.2, 0) is 65.4 Å². The van der Waals surface area contributed by atoms with Crippen LogP contribution in [0.2, 0.25) is 0 Å². The minimum Gasteiger partial charge on any atom is -0.462 e. The Balaban J connectivity index is 5.44. The van der Waals surface area contributed by atoms with Crippen LogP contribution in [0.4, 0.5) is 0 Å². The quantitative estimate of drug-likeness (QED) is 0.0169. The number of phosphoric acid groups is 2. The molecule has 0 aromatic carbocycles. The Hall–Kier alpha value is -5.32. The van der Waals surface area contributed by atoms with Crippen LogP contribution in [0.25, 0.3) is 0 Å². The van der Waals surface area contributed by atoms with Crippen molar-refractivity contribution in [1.82, 2.24) is 0 Å². The molecule has 19 heteroatoms. The highest BCUT2D eigenvalue weighted by Gasteiger charge is 2.30. The number of carbonyl (C=O) groups excluding carboxylic acids is 4. The zero-order chi connectivity index (χ0) is 81.7. The van der Waals surface area contributed by atoms with Crippen LogP contribution in [0.3, 0.4) is 0 Å². The van der Waals surface area contributed by atoms with Crippen LogP contribution in [-0.4, -0.2) is 96.7 Å². The van der Waals surface area contributed by atoms with Gasteiger partial charge in [-0.1, -0.05) is 308 Å². The van der Waals surface area contributed by atoms with E-state index in [1.165, 1.54) is 38.5 Å². The second-order valence-electron chi connectivity index (χ2n) is 28.7. The lowest BCUT2D eigenvalue weighted by Crippen LogP contribution is -2.30. The molecule has 0 aromatic heterocycles. The first-order chi connectivity index (χ1) is 54.7. The van der Waals surface area contributed by atoms with E-state index in [1.807, 2.05) is 0 Å². The SMILES string of the molecule is CC/C=C\C/C=C\C/C=C\C/C=C\CCCCCCC(=O)OC(COC(=O)CCCCCCCC/C=C\C/C=C\C/C=C\CCCCC)COP(=O)(O)OCC(O)COP(=O)(O)OCC(COC(=O)CCCCCCCC/C=C\C/C=C\C/C=C\CCCCC)OC(=O)CCCCCCCCC/C=C\C/C=C\C/C=C\CC. The summed E-state index contributed by atoms with van der Waals surface area (Å²) >= 11 is 0. The Morgan fingerprint density at radius 2 is 0.464 bits per heavy atom.